The molecule has 0 spiro atoms. The zero-order chi connectivity index (χ0) is 9.99. The Labute approximate surface area is 78.2 Å². The molecule has 0 amide bonds. The van der Waals surface area contributed by atoms with Gasteiger partial charge in [0.1, 0.15) is 5.00 Å². The van der Waals surface area contributed by atoms with Crippen molar-refractivity contribution in [1.29, 1.82) is 0 Å². The normalized spacial score (nSPS) is 17.8. The smallest absolute Gasteiger partial charge is 0.273 e. The van der Waals surface area contributed by atoms with E-state index < -0.39 is 15.3 Å². The average Bonchev–Trinajstić information content (AvgIpc) is 1.48. The highest BCUT2D eigenvalue weighted by Gasteiger charge is 2.26. The van der Waals surface area contributed by atoms with Gasteiger partial charge in [-0.3, -0.25) is 4.55 Å². The largest absolute Gasteiger partial charge is 0.334 e. The van der Waals surface area contributed by atoms with E-state index in [2.05, 4.69) is 0 Å². The van der Waals surface area contributed by atoms with E-state index in [1.807, 2.05) is 18.6 Å². The molecule has 0 aliphatic rings. The second-order valence-corrected chi connectivity index (χ2v) is 5.36. The Morgan fingerprint density at radius 3 is 2.25 bits per heavy atom. The monoisotopic (exact) mass is 215 g/mol. The number of hydrogen-bond acceptors (Lipinski definition) is 2. The molecule has 1 atom stereocenters. The molecule has 4 nitrogen and oxygen atoms in total. The Morgan fingerprint density at radius 2 is 2.00 bits per heavy atom. The lowest BCUT2D eigenvalue weighted by Gasteiger charge is -2.23. The lowest BCUT2D eigenvalue weighted by atomic mass is 10.1. The summed E-state index contributed by atoms with van der Waals surface area (Å²) >= 11 is 5.77. The summed E-state index contributed by atoms with van der Waals surface area (Å²) in [6, 6.07) is 0. The van der Waals surface area contributed by atoms with Gasteiger partial charge in [-0.15, -0.1) is 11.6 Å². The molecule has 0 saturated carbocycles. The fraction of sp³-hybridized carbons (Fsp3) is 1.00. The van der Waals surface area contributed by atoms with Crippen LogP contribution < -0.4 is 4.72 Å². The molecular weight excluding hydrogens is 202 g/mol. The van der Waals surface area contributed by atoms with Crippen LogP contribution in [0.3, 0.4) is 0 Å². The van der Waals surface area contributed by atoms with Crippen LogP contribution in [0.5, 0.6) is 0 Å². The molecule has 0 aliphatic heterocycles. The number of nitrogens with one attached hydrogen (secondary N) is 1. The second kappa shape index (κ2) is 3.91. The number of hydrogen-bond donors (Lipinski definition) is 2. The molecule has 0 radical (unpaired) electrons. The quantitative estimate of drug-likeness (QED) is 0.423. The van der Waals surface area contributed by atoms with E-state index in [9.17, 15) is 8.42 Å². The first-order valence-electron chi connectivity index (χ1n) is 3.58. The van der Waals surface area contributed by atoms with Crippen LogP contribution in [-0.2, 0) is 10.3 Å². The summed E-state index contributed by atoms with van der Waals surface area (Å²) in [6.07, 6.45) is 0.453. The average molecular weight is 216 g/mol. The summed E-state index contributed by atoms with van der Waals surface area (Å²) in [7, 11) is -4.21. The van der Waals surface area contributed by atoms with Gasteiger partial charge in [-0.1, -0.05) is 13.8 Å². The Balaban J connectivity index is 4.23. The van der Waals surface area contributed by atoms with Gasteiger partial charge in [-0.2, -0.15) is 13.1 Å². The lowest BCUT2D eigenvalue weighted by molar-refractivity contribution is 0.408. The van der Waals surface area contributed by atoms with E-state index >= 15 is 0 Å². The first-order chi connectivity index (χ1) is 5.12. The predicted molar refractivity (Wildman–Crippen MR) is 48.4 cm³/mol. The van der Waals surface area contributed by atoms with Crippen molar-refractivity contribution in [3.63, 3.8) is 0 Å². The van der Waals surface area contributed by atoms with Crippen molar-refractivity contribution in [2.75, 3.05) is 0 Å². The van der Waals surface area contributed by atoms with Crippen molar-refractivity contribution in [3.8, 4) is 0 Å². The summed E-state index contributed by atoms with van der Waals surface area (Å²) in [6.45, 7) is 5.32. The predicted octanol–water partition coefficient (Wildman–Crippen LogP) is 1.38. The van der Waals surface area contributed by atoms with Gasteiger partial charge < -0.3 is 0 Å². The van der Waals surface area contributed by atoms with Crippen LogP contribution in [0.25, 0.3) is 0 Å². The Bertz CT molecular complexity index is 235. The molecule has 0 aromatic rings. The first kappa shape index (κ1) is 12.2. The van der Waals surface area contributed by atoms with Crippen LogP contribution in [0.15, 0.2) is 0 Å². The molecular formula is C6H14ClNO3S. The molecule has 1 unspecified atom stereocenters. The number of alkyl halides is 1. The van der Waals surface area contributed by atoms with Crippen LogP contribution in [0.4, 0.5) is 0 Å². The van der Waals surface area contributed by atoms with E-state index in [0.29, 0.717) is 6.42 Å². The third-order valence-corrected chi connectivity index (χ3v) is 2.20. The zero-order valence-corrected chi connectivity index (χ0v) is 8.91. The molecule has 0 bridgehead atoms. The Morgan fingerprint density at radius 1 is 1.58 bits per heavy atom. The fourth-order valence-corrected chi connectivity index (χ4v) is 2.30. The van der Waals surface area contributed by atoms with Crippen LogP contribution in [0, 0.1) is 5.92 Å². The molecule has 0 aromatic heterocycles. The van der Waals surface area contributed by atoms with Gasteiger partial charge in [0.05, 0.1) is 0 Å². The fourth-order valence-electron chi connectivity index (χ4n) is 1.08. The summed E-state index contributed by atoms with van der Waals surface area (Å²) in [5, 5.41) is 0. The first-order valence-corrected chi connectivity index (χ1v) is 5.39. The summed E-state index contributed by atoms with van der Waals surface area (Å²) in [5.74, 6) is 0.252. The minimum Gasteiger partial charge on any atom is -0.273 e. The standard InChI is InChI=1S/C6H14ClNO3S/c1-5(2)4-6(3,7)8-12(9,10)11/h5,8H,4H2,1-3H3,(H,9,10,11). The van der Waals surface area contributed by atoms with Crippen molar-refractivity contribution in [2.24, 2.45) is 5.92 Å². The molecule has 0 rings (SSSR count). The number of halogens is 1. The second-order valence-electron chi connectivity index (χ2n) is 3.37. The molecule has 74 valence electrons. The third-order valence-electron chi connectivity index (χ3n) is 1.13. The van der Waals surface area contributed by atoms with Gasteiger partial charge in [0.25, 0.3) is 0 Å². The summed E-state index contributed by atoms with van der Waals surface area (Å²) in [5.41, 5.74) is 0. The van der Waals surface area contributed by atoms with E-state index in [1.165, 1.54) is 6.92 Å². The molecule has 0 aromatic carbocycles. The highest BCUT2D eigenvalue weighted by Crippen LogP contribution is 2.21. The molecule has 0 heterocycles. The van der Waals surface area contributed by atoms with Gasteiger partial charge in [0, 0.05) is 0 Å². The van der Waals surface area contributed by atoms with Crippen molar-refractivity contribution in [2.45, 2.75) is 32.2 Å². The lowest BCUT2D eigenvalue weighted by Crippen LogP contribution is -2.41. The topological polar surface area (TPSA) is 66.4 Å². The number of rotatable bonds is 4. The van der Waals surface area contributed by atoms with Crippen molar-refractivity contribution in [1.82, 2.24) is 4.72 Å². The molecule has 0 fully saturated rings. The van der Waals surface area contributed by atoms with Crippen LogP contribution in [0.2, 0.25) is 0 Å². The summed E-state index contributed by atoms with van der Waals surface area (Å²) < 4.78 is 31.1. The van der Waals surface area contributed by atoms with Crippen molar-refractivity contribution in [3.05, 3.63) is 0 Å². The van der Waals surface area contributed by atoms with Crippen LogP contribution >= 0.6 is 11.6 Å². The Kier molecular flexibility index (Phi) is 3.96. The molecule has 2 N–H and O–H groups in total. The molecule has 12 heavy (non-hydrogen) atoms. The van der Waals surface area contributed by atoms with Gasteiger partial charge >= 0.3 is 10.3 Å². The highest BCUT2D eigenvalue weighted by molar-refractivity contribution is 7.83. The van der Waals surface area contributed by atoms with E-state index in [-0.39, 0.29) is 5.92 Å². The van der Waals surface area contributed by atoms with Gasteiger partial charge in [-0.25, -0.2) is 0 Å². The third kappa shape index (κ3) is 6.84. The van der Waals surface area contributed by atoms with E-state index in [4.69, 9.17) is 16.2 Å². The van der Waals surface area contributed by atoms with E-state index in [1.54, 1.807) is 0 Å². The minimum absolute atomic E-state index is 0.252. The van der Waals surface area contributed by atoms with Crippen LogP contribution in [-0.4, -0.2) is 18.0 Å². The molecule has 0 aliphatic carbocycles. The highest BCUT2D eigenvalue weighted by atomic mass is 35.5. The van der Waals surface area contributed by atoms with Gasteiger partial charge in [0.15, 0.2) is 0 Å². The minimum atomic E-state index is -4.21. The van der Waals surface area contributed by atoms with Crippen molar-refractivity contribution >= 4 is 21.9 Å². The molecule has 6 heteroatoms. The summed E-state index contributed by atoms with van der Waals surface area (Å²) in [4.78, 5) is -1.11. The SMILES string of the molecule is CC(C)CC(C)(Cl)NS(=O)(=O)O. The van der Waals surface area contributed by atoms with Gasteiger partial charge in [0.2, 0.25) is 0 Å². The zero-order valence-electron chi connectivity index (χ0n) is 7.33. The molecule has 0 saturated heterocycles. The van der Waals surface area contributed by atoms with Crippen LogP contribution in [0.1, 0.15) is 27.2 Å². The van der Waals surface area contributed by atoms with Gasteiger partial charge in [-0.05, 0) is 19.3 Å². The maximum absolute atomic E-state index is 10.4. The van der Waals surface area contributed by atoms with Crippen molar-refractivity contribution < 1.29 is 13.0 Å². The maximum Gasteiger partial charge on any atom is 0.334 e. The van der Waals surface area contributed by atoms with E-state index in [0.717, 1.165) is 0 Å². The maximum atomic E-state index is 10.4. The Hall–Kier alpha value is 0.160.